The van der Waals surface area contributed by atoms with Gasteiger partial charge in [0.2, 0.25) is 65.0 Å². The van der Waals surface area contributed by atoms with E-state index in [0.717, 1.165) is 19.3 Å². The van der Waals surface area contributed by atoms with Gasteiger partial charge in [0.1, 0.15) is 48.0 Å². The number of guanidine groups is 1. The van der Waals surface area contributed by atoms with Gasteiger partial charge in [0.05, 0.1) is 20.1 Å². The highest BCUT2D eigenvalue weighted by atomic mass is 33.1. The molecule has 2 aromatic rings. The van der Waals surface area contributed by atoms with Gasteiger partial charge < -0.3 is 75.5 Å². The Morgan fingerprint density at radius 1 is 0.700 bits per heavy atom. The van der Waals surface area contributed by atoms with Crippen molar-refractivity contribution in [3.05, 3.63) is 65.7 Å². The molecule has 0 aromatic heterocycles. The summed E-state index contributed by atoms with van der Waals surface area (Å²) in [6, 6.07) is 5.96. The third-order valence-electron chi connectivity index (χ3n) is 12.9. The number of nitrogens with one attached hydrogen (secondary N) is 7. The van der Waals surface area contributed by atoms with E-state index in [0.29, 0.717) is 41.9 Å². The molecule has 0 aliphatic carbocycles. The fraction of sp³-hybridized carbons (Fsp3) is 0.538. The molecule has 4 rings (SSSR count). The normalized spacial score (nSPS) is 21.7. The Morgan fingerprint density at radius 2 is 1.31 bits per heavy atom. The average Bonchev–Trinajstić information content (AvgIpc) is 3.92. The summed E-state index contributed by atoms with van der Waals surface area (Å²) < 4.78 is 5.29. The molecule has 2 fully saturated rings. The van der Waals surface area contributed by atoms with Crippen LogP contribution in [0.3, 0.4) is 0 Å². The molecule has 7 atom stereocenters. The molecule has 17 N–H and O–H groups in total. The fourth-order valence-electron chi connectivity index (χ4n) is 8.75. The van der Waals surface area contributed by atoms with E-state index in [9.17, 15) is 52.7 Å². The van der Waals surface area contributed by atoms with Crippen LogP contribution in [0, 0.1) is 0 Å². The molecule has 2 heterocycles. The summed E-state index contributed by atoms with van der Waals surface area (Å²) in [4.78, 5) is 154. The van der Waals surface area contributed by atoms with Crippen LogP contribution in [0.4, 0.5) is 0 Å². The Labute approximate surface area is 472 Å². The maximum absolute atomic E-state index is 14.6. The van der Waals surface area contributed by atoms with Gasteiger partial charge in [-0.1, -0.05) is 83.3 Å². The number of nitrogens with zero attached hydrogens (tertiary/aromatic N) is 2. The van der Waals surface area contributed by atoms with Crippen LogP contribution in [0.15, 0.2) is 59.6 Å². The van der Waals surface area contributed by atoms with Gasteiger partial charge in [-0.3, -0.25) is 57.7 Å². The molecule has 0 radical (unpaired) electrons. The first-order valence-electron chi connectivity index (χ1n) is 26.5. The lowest BCUT2D eigenvalue weighted by atomic mass is 10.0. The number of primary amides is 3. The highest BCUT2D eigenvalue weighted by Crippen LogP contribution is 2.27. The van der Waals surface area contributed by atoms with Gasteiger partial charge in [0, 0.05) is 50.3 Å². The fourth-order valence-corrected chi connectivity index (χ4v) is 11.1. The molecule has 0 spiro atoms. The van der Waals surface area contributed by atoms with Crippen molar-refractivity contribution >= 4 is 92.5 Å². The Morgan fingerprint density at radius 3 is 1.96 bits per heavy atom. The minimum Gasteiger partial charge on any atom is -0.497 e. The highest BCUT2D eigenvalue weighted by Gasteiger charge is 2.40. The van der Waals surface area contributed by atoms with Crippen molar-refractivity contribution in [3.8, 4) is 5.75 Å². The molecule has 0 saturated carbocycles. The number of carbonyl (C=O) groups excluding carboxylic acids is 11. The summed E-state index contributed by atoms with van der Waals surface area (Å²) in [5.41, 5.74) is 28.5. The standard InChI is InChI=1S/C52H76N14O12S2/c1-78-33-19-17-32(18-20-33)27-36-47(73)63-37(26-31-12-6-5-7-13-31)48(74)61-35(21-22-41(53)67)46(72)64-38(28-42(54)68)49(75)65-39(30-80-79-25-9-4-2-3-8-16-44(70)60-36)51(77)66-24-11-15-40(66)50(76)62-34(14-10-23-58-52(56)57)45(71)59-29-43(55)69/h5-7,12-13,17-20,34-40H,2-4,8-11,14-16,21-30H2,1H3,(H2,53,67)(H2,54,68)(H2,55,69)(H,59,71)(H,60,70)(H,61,74)(H,62,76)(H,63,73)(H,64,72)(H,65,75)(H4,56,57,58). The van der Waals surface area contributed by atoms with Gasteiger partial charge >= 0.3 is 0 Å². The minimum atomic E-state index is -1.76. The third kappa shape index (κ3) is 23.4. The van der Waals surface area contributed by atoms with Gasteiger partial charge in [-0.25, -0.2) is 0 Å². The first-order valence-corrected chi connectivity index (χ1v) is 28.9. The highest BCUT2D eigenvalue weighted by molar-refractivity contribution is 8.76. The smallest absolute Gasteiger partial charge is 0.246 e. The van der Waals surface area contributed by atoms with E-state index in [4.69, 9.17) is 33.4 Å². The number of methoxy groups -OCH3 is 1. The zero-order valence-corrected chi connectivity index (χ0v) is 46.5. The second-order valence-corrected chi connectivity index (χ2v) is 21.9. The maximum atomic E-state index is 14.6. The van der Waals surface area contributed by atoms with Gasteiger partial charge in [-0.2, -0.15) is 0 Å². The predicted octanol–water partition coefficient (Wildman–Crippen LogP) is -2.09. The van der Waals surface area contributed by atoms with Crippen molar-refractivity contribution in [2.24, 2.45) is 33.7 Å². The summed E-state index contributed by atoms with van der Waals surface area (Å²) in [5, 5.41) is 18.3. The number of likely N-dealkylation sites (tertiary alicyclic amines) is 1. The maximum Gasteiger partial charge on any atom is 0.246 e. The summed E-state index contributed by atoms with van der Waals surface area (Å²) in [6.45, 7) is -0.318. The quantitative estimate of drug-likeness (QED) is 0.0293. The number of hydrogen-bond donors (Lipinski definition) is 12. The number of nitrogens with two attached hydrogens (primary N) is 5. The average molecular weight is 1150 g/mol. The van der Waals surface area contributed by atoms with Crippen molar-refractivity contribution in [2.75, 3.05) is 38.2 Å². The van der Waals surface area contributed by atoms with Crippen LogP contribution in [0.1, 0.15) is 94.6 Å². The molecular formula is C52H76N14O12S2. The van der Waals surface area contributed by atoms with E-state index in [-0.39, 0.29) is 69.2 Å². The van der Waals surface area contributed by atoms with Crippen molar-refractivity contribution < 1.29 is 57.5 Å². The number of benzene rings is 2. The number of ether oxygens (including phenoxy) is 1. The van der Waals surface area contributed by atoms with E-state index >= 15 is 0 Å². The second kappa shape index (κ2) is 34.4. The van der Waals surface area contributed by atoms with Crippen LogP contribution < -0.4 is 70.6 Å². The Kier molecular flexibility index (Phi) is 27.9. The molecule has 80 heavy (non-hydrogen) atoms. The molecule has 2 saturated heterocycles. The number of hydrogen-bond acceptors (Lipinski definition) is 15. The topological polar surface area (TPSA) is 427 Å². The van der Waals surface area contributed by atoms with E-state index in [1.165, 1.54) is 33.6 Å². The minimum absolute atomic E-state index is 0.0365. The van der Waals surface area contributed by atoms with Crippen molar-refractivity contribution in [1.82, 2.24) is 42.1 Å². The number of aliphatic imine (C=N–C) groups is 1. The molecule has 28 heteroatoms. The van der Waals surface area contributed by atoms with Crippen LogP contribution in [0.25, 0.3) is 0 Å². The second-order valence-electron chi connectivity index (χ2n) is 19.3. The molecule has 438 valence electrons. The summed E-state index contributed by atoms with van der Waals surface area (Å²) >= 11 is 0. The summed E-state index contributed by atoms with van der Waals surface area (Å²) in [7, 11) is 4.19. The van der Waals surface area contributed by atoms with Gasteiger partial charge in [0.25, 0.3) is 0 Å². The lowest BCUT2D eigenvalue weighted by molar-refractivity contribution is -0.142. The van der Waals surface area contributed by atoms with Gasteiger partial charge in [-0.15, -0.1) is 0 Å². The molecule has 11 amide bonds. The molecule has 26 nitrogen and oxygen atoms in total. The third-order valence-corrected chi connectivity index (χ3v) is 15.4. The SMILES string of the molecule is COc1ccc(CC2NC(=O)CCCCCCCSSCC(C(=O)N3CCCC3C(=O)NC(CCCN=C(N)N)C(=O)NCC(N)=O)NC(=O)C(CC(N)=O)NC(=O)C(CCC(N)=O)NC(=O)C(Cc3ccccc3)NC2=O)cc1. The van der Waals surface area contributed by atoms with Crippen LogP contribution in [-0.4, -0.2) is 156 Å². The number of rotatable bonds is 20. The molecule has 2 aliphatic rings. The Bertz CT molecular complexity index is 2490. The van der Waals surface area contributed by atoms with Crippen LogP contribution in [-0.2, 0) is 65.6 Å². The number of carbonyl (C=O) groups is 11. The molecular weight excluding hydrogens is 1080 g/mol. The molecule has 2 aromatic carbocycles. The molecule has 2 aliphatic heterocycles. The lowest BCUT2D eigenvalue weighted by Crippen LogP contribution is -2.61. The zero-order chi connectivity index (χ0) is 58.6. The van der Waals surface area contributed by atoms with Crippen molar-refractivity contribution in [3.63, 3.8) is 0 Å². The monoisotopic (exact) mass is 1150 g/mol. The van der Waals surface area contributed by atoms with E-state index in [1.54, 1.807) is 54.6 Å². The first kappa shape index (κ1) is 64.9. The Balaban J connectivity index is 1.66. The summed E-state index contributed by atoms with van der Waals surface area (Å²) in [5.74, 6) is -7.93. The van der Waals surface area contributed by atoms with Gasteiger partial charge in [-0.05, 0) is 68.2 Å². The van der Waals surface area contributed by atoms with Crippen molar-refractivity contribution in [1.29, 1.82) is 0 Å². The zero-order valence-electron chi connectivity index (χ0n) is 44.9. The molecule has 0 bridgehead atoms. The van der Waals surface area contributed by atoms with Gasteiger partial charge in [0.15, 0.2) is 5.96 Å². The van der Waals surface area contributed by atoms with Crippen LogP contribution in [0.5, 0.6) is 5.75 Å². The van der Waals surface area contributed by atoms with Crippen LogP contribution >= 0.6 is 21.6 Å². The van der Waals surface area contributed by atoms with E-state index in [1.807, 2.05) is 0 Å². The van der Waals surface area contributed by atoms with E-state index < -0.39 is 127 Å². The summed E-state index contributed by atoms with van der Waals surface area (Å²) in [6.07, 6.45) is 2.81. The van der Waals surface area contributed by atoms with Crippen molar-refractivity contribution in [2.45, 2.75) is 139 Å². The van der Waals surface area contributed by atoms with Crippen LogP contribution in [0.2, 0.25) is 0 Å². The number of amides is 11. The predicted molar refractivity (Wildman–Crippen MR) is 300 cm³/mol. The molecule has 7 unspecified atom stereocenters. The van der Waals surface area contributed by atoms with E-state index in [2.05, 4.69) is 42.2 Å². The first-order chi connectivity index (χ1) is 38.2. The lowest BCUT2D eigenvalue weighted by Gasteiger charge is -2.30. The largest absolute Gasteiger partial charge is 0.497 e. The Hall–Kier alpha value is -7.62.